The Morgan fingerprint density at radius 1 is 0.976 bits per heavy atom. The first-order valence-corrected chi connectivity index (χ1v) is 14.8. The highest BCUT2D eigenvalue weighted by Crippen LogP contribution is 2.49. The van der Waals surface area contributed by atoms with Gasteiger partial charge in [-0.1, -0.05) is 55.2 Å². The van der Waals surface area contributed by atoms with E-state index in [4.69, 9.17) is 27.6 Å². The van der Waals surface area contributed by atoms with E-state index in [0.29, 0.717) is 60.2 Å². The predicted octanol–water partition coefficient (Wildman–Crippen LogP) is 6.19. The molecule has 0 spiro atoms. The summed E-state index contributed by atoms with van der Waals surface area (Å²) in [4.78, 5) is 46.1. The number of piperazine rings is 1. The second-order valence-corrected chi connectivity index (χ2v) is 12.7. The maximum atomic E-state index is 13.9. The minimum Gasteiger partial charge on any atom is -0.459 e. The lowest BCUT2D eigenvalue weighted by Gasteiger charge is -2.40. The van der Waals surface area contributed by atoms with Crippen LogP contribution in [0.5, 0.6) is 0 Å². The first kappa shape index (κ1) is 28.4. The topological polar surface area (TPSA) is 86.1 Å². The van der Waals surface area contributed by atoms with Crippen molar-refractivity contribution in [3.8, 4) is 0 Å². The lowest BCUT2D eigenvalue weighted by Crippen LogP contribution is -2.53. The fourth-order valence-electron chi connectivity index (χ4n) is 6.23. The standard InChI is InChI=1S/C32H32Cl2N4O4/c1-32(2)17-24-29(26(39)18-32)30(21-10-9-20(33)16-22(21)34)38(25-7-4-3-6-23(25)35-24)19-28(40)36-11-13-37(14-12-36)31(41)27-8-5-15-42-27/h3-10,15-16,30,35H,11-14,17-19H2,1-2H3. The summed E-state index contributed by atoms with van der Waals surface area (Å²) in [6.07, 6.45) is 2.54. The van der Waals surface area contributed by atoms with Gasteiger partial charge in [-0.25, -0.2) is 0 Å². The number of amides is 2. The summed E-state index contributed by atoms with van der Waals surface area (Å²) in [5.74, 6) is 0.0310. The van der Waals surface area contributed by atoms with E-state index in [0.717, 1.165) is 17.1 Å². The Hall–Kier alpha value is -3.75. The van der Waals surface area contributed by atoms with Crippen LogP contribution in [-0.2, 0) is 9.59 Å². The van der Waals surface area contributed by atoms with Crippen molar-refractivity contribution in [2.45, 2.75) is 32.7 Å². The van der Waals surface area contributed by atoms with Crippen LogP contribution in [0.1, 0.15) is 48.8 Å². The number of nitrogens with one attached hydrogen (secondary N) is 1. The molecule has 8 nitrogen and oxygen atoms in total. The molecular weight excluding hydrogens is 575 g/mol. The number of anilines is 2. The Bertz CT molecular complexity index is 1570. The monoisotopic (exact) mass is 606 g/mol. The molecule has 42 heavy (non-hydrogen) atoms. The number of benzene rings is 2. The average molecular weight is 608 g/mol. The lowest BCUT2D eigenvalue weighted by molar-refractivity contribution is -0.131. The minimum absolute atomic E-state index is 0.0158. The van der Waals surface area contributed by atoms with E-state index < -0.39 is 6.04 Å². The highest BCUT2D eigenvalue weighted by molar-refractivity contribution is 6.35. The number of carbonyl (C=O) groups is 3. The number of carbonyl (C=O) groups excluding carboxylic acids is 3. The molecule has 3 aromatic rings. The smallest absolute Gasteiger partial charge is 0.289 e. The molecule has 218 valence electrons. The SMILES string of the molecule is CC1(C)CC(=O)C2=C(C1)Nc1ccccc1N(CC(=O)N1CCN(C(=O)c3ccco3)CC1)C2c1ccc(Cl)cc1Cl. The third-order valence-corrected chi connectivity index (χ3v) is 8.78. The summed E-state index contributed by atoms with van der Waals surface area (Å²) in [6, 6.07) is 15.8. The minimum atomic E-state index is -0.602. The molecular formula is C32H32Cl2N4O4. The molecule has 1 aliphatic carbocycles. The zero-order chi connectivity index (χ0) is 29.6. The van der Waals surface area contributed by atoms with Gasteiger partial charge in [0, 0.05) is 53.9 Å². The number of furan rings is 1. The van der Waals surface area contributed by atoms with Gasteiger partial charge in [-0.05, 0) is 53.8 Å². The number of hydrogen-bond donors (Lipinski definition) is 1. The molecule has 1 aromatic heterocycles. The first-order valence-electron chi connectivity index (χ1n) is 14.1. The van der Waals surface area contributed by atoms with Gasteiger partial charge in [0.2, 0.25) is 5.91 Å². The summed E-state index contributed by atoms with van der Waals surface area (Å²) in [5.41, 5.74) is 3.58. The van der Waals surface area contributed by atoms with E-state index >= 15 is 0 Å². The second-order valence-electron chi connectivity index (χ2n) is 11.8. The van der Waals surface area contributed by atoms with E-state index in [-0.39, 0.29) is 35.3 Å². The maximum absolute atomic E-state index is 13.9. The molecule has 3 aliphatic rings. The van der Waals surface area contributed by atoms with Crippen molar-refractivity contribution in [1.82, 2.24) is 9.80 Å². The number of allylic oxidation sites excluding steroid dienone is 1. The third kappa shape index (κ3) is 5.41. The number of rotatable bonds is 4. The molecule has 0 bridgehead atoms. The van der Waals surface area contributed by atoms with Gasteiger partial charge in [0.25, 0.3) is 5.91 Å². The van der Waals surface area contributed by atoms with Crippen molar-refractivity contribution in [2.24, 2.45) is 5.41 Å². The largest absolute Gasteiger partial charge is 0.459 e. The van der Waals surface area contributed by atoms with Crippen molar-refractivity contribution in [1.29, 1.82) is 0 Å². The molecule has 2 aliphatic heterocycles. The van der Waals surface area contributed by atoms with Crippen LogP contribution in [0.4, 0.5) is 11.4 Å². The lowest BCUT2D eigenvalue weighted by atomic mass is 9.73. The quantitative estimate of drug-likeness (QED) is 0.381. The highest BCUT2D eigenvalue weighted by Gasteiger charge is 2.43. The molecule has 6 rings (SSSR count). The number of Topliss-reactive ketones (excluding diaryl/α,β-unsaturated/α-hetero) is 1. The highest BCUT2D eigenvalue weighted by atomic mass is 35.5. The van der Waals surface area contributed by atoms with Gasteiger partial charge in [-0.3, -0.25) is 14.4 Å². The zero-order valence-corrected chi connectivity index (χ0v) is 25.0. The average Bonchev–Trinajstić information content (AvgIpc) is 3.45. The normalized spacial score (nSPS) is 20.0. The van der Waals surface area contributed by atoms with Crippen LogP contribution >= 0.6 is 23.2 Å². The fraction of sp³-hybridized carbons (Fsp3) is 0.344. The molecule has 0 radical (unpaired) electrons. The van der Waals surface area contributed by atoms with E-state index in [1.54, 1.807) is 34.1 Å². The van der Waals surface area contributed by atoms with Crippen LogP contribution in [0.3, 0.4) is 0 Å². The predicted molar refractivity (Wildman–Crippen MR) is 163 cm³/mol. The Kier molecular flexibility index (Phi) is 7.53. The maximum Gasteiger partial charge on any atom is 0.289 e. The molecule has 2 aromatic carbocycles. The van der Waals surface area contributed by atoms with E-state index in [2.05, 4.69) is 19.2 Å². The number of fused-ring (bicyclic) bond motifs is 1. The van der Waals surface area contributed by atoms with Crippen molar-refractivity contribution < 1.29 is 18.8 Å². The van der Waals surface area contributed by atoms with Gasteiger partial charge in [-0.2, -0.15) is 0 Å². The number of para-hydroxylation sites is 2. The number of ketones is 1. The van der Waals surface area contributed by atoms with Crippen molar-refractivity contribution >= 4 is 52.2 Å². The van der Waals surface area contributed by atoms with Crippen LogP contribution in [-0.4, -0.2) is 60.1 Å². The summed E-state index contributed by atoms with van der Waals surface area (Å²) >= 11 is 13.1. The number of nitrogens with zero attached hydrogens (tertiary/aromatic N) is 3. The van der Waals surface area contributed by atoms with Crippen molar-refractivity contribution in [3.05, 3.63) is 93.5 Å². The number of halogens is 2. The van der Waals surface area contributed by atoms with E-state index in [1.165, 1.54) is 6.26 Å². The molecule has 0 saturated carbocycles. The van der Waals surface area contributed by atoms with Crippen molar-refractivity contribution in [2.75, 3.05) is 42.9 Å². The second kappa shape index (κ2) is 11.2. The summed E-state index contributed by atoms with van der Waals surface area (Å²) < 4.78 is 5.27. The van der Waals surface area contributed by atoms with Gasteiger partial charge in [0.05, 0.1) is 30.2 Å². The van der Waals surface area contributed by atoms with E-state index in [9.17, 15) is 14.4 Å². The van der Waals surface area contributed by atoms with Gasteiger partial charge in [-0.15, -0.1) is 0 Å². The Morgan fingerprint density at radius 3 is 2.43 bits per heavy atom. The number of hydrogen-bond acceptors (Lipinski definition) is 6. The van der Waals surface area contributed by atoms with Crippen LogP contribution < -0.4 is 10.2 Å². The van der Waals surface area contributed by atoms with Crippen LogP contribution in [0.2, 0.25) is 10.0 Å². The first-order chi connectivity index (χ1) is 20.1. The summed E-state index contributed by atoms with van der Waals surface area (Å²) in [7, 11) is 0. The van der Waals surface area contributed by atoms with Crippen LogP contribution in [0.25, 0.3) is 0 Å². The third-order valence-electron chi connectivity index (χ3n) is 8.22. The van der Waals surface area contributed by atoms with E-state index in [1.807, 2.05) is 35.2 Å². The van der Waals surface area contributed by atoms with Crippen LogP contribution in [0, 0.1) is 5.41 Å². The van der Waals surface area contributed by atoms with Gasteiger partial charge >= 0.3 is 0 Å². The molecule has 2 amide bonds. The molecule has 1 unspecified atom stereocenters. The Balaban J connectivity index is 1.36. The van der Waals surface area contributed by atoms with Gasteiger partial charge < -0.3 is 24.4 Å². The summed E-state index contributed by atoms with van der Waals surface area (Å²) in [5, 5.41) is 4.48. The molecule has 1 N–H and O–H groups in total. The molecule has 1 fully saturated rings. The van der Waals surface area contributed by atoms with Gasteiger partial charge in [0.1, 0.15) is 0 Å². The van der Waals surface area contributed by atoms with Crippen molar-refractivity contribution in [3.63, 3.8) is 0 Å². The summed E-state index contributed by atoms with van der Waals surface area (Å²) in [6.45, 7) is 5.79. The molecule has 1 atom stereocenters. The fourth-order valence-corrected chi connectivity index (χ4v) is 6.75. The zero-order valence-electron chi connectivity index (χ0n) is 23.5. The Morgan fingerprint density at radius 2 is 1.71 bits per heavy atom. The van der Waals surface area contributed by atoms with Gasteiger partial charge in [0.15, 0.2) is 11.5 Å². The molecule has 1 saturated heterocycles. The molecule has 3 heterocycles. The molecule has 10 heteroatoms. The van der Waals surface area contributed by atoms with Crippen LogP contribution in [0.15, 0.2) is 76.5 Å². The Labute approximate surface area is 254 Å².